The van der Waals surface area contributed by atoms with E-state index in [2.05, 4.69) is 156 Å². The van der Waals surface area contributed by atoms with Crippen LogP contribution in [0.15, 0.2) is 194 Å². The Labute approximate surface area is 342 Å². The molecule has 1 fully saturated rings. The van der Waals surface area contributed by atoms with Gasteiger partial charge in [0, 0.05) is 12.1 Å². The lowest BCUT2D eigenvalue weighted by atomic mass is 9.89. The van der Waals surface area contributed by atoms with Gasteiger partial charge in [0.2, 0.25) is 0 Å². The SMILES string of the molecule is O=C(N[C@H]1CCCC[C@H]1NC(=O)c1c(P(c2ccccc2)c2ccccc2)ccc2ccccc12)c1c(P(c2ccccc2)c2ccccc2)ccc2ccccc12. The molecule has 1 saturated carbocycles. The van der Waals surface area contributed by atoms with E-state index in [4.69, 9.17) is 0 Å². The average Bonchev–Trinajstić information content (AvgIpc) is 3.28. The first-order valence-corrected chi connectivity index (χ1v) is 22.8. The van der Waals surface area contributed by atoms with Gasteiger partial charge in [0.1, 0.15) is 0 Å². The van der Waals surface area contributed by atoms with E-state index >= 15 is 9.59 Å². The van der Waals surface area contributed by atoms with Crippen molar-refractivity contribution in [3.05, 3.63) is 205 Å². The van der Waals surface area contributed by atoms with Gasteiger partial charge in [0.05, 0.1) is 11.1 Å². The largest absolute Gasteiger partial charge is 0.347 e. The van der Waals surface area contributed by atoms with Crippen LogP contribution in [0.3, 0.4) is 0 Å². The van der Waals surface area contributed by atoms with Crippen molar-refractivity contribution in [3.8, 4) is 0 Å². The summed E-state index contributed by atoms with van der Waals surface area (Å²) in [5.74, 6) is -0.195. The van der Waals surface area contributed by atoms with Crippen LogP contribution in [-0.2, 0) is 0 Å². The Hall–Kier alpha value is -5.92. The van der Waals surface area contributed by atoms with Crippen molar-refractivity contribution in [1.29, 1.82) is 0 Å². The van der Waals surface area contributed by atoms with Gasteiger partial charge in [-0.1, -0.05) is 207 Å². The number of nitrogens with one attached hydrogen (secondary N) is 2. The lowest BCUT2D eigenvalue weighted by Crippen LogP contribution is -2.54. The molecule has 1 aliphatic rings. The van der Waals surface area contributed by atoms with Crippen molar-refractivity contribution in [3.63, 3.8) is 0 Å². The molecule has 0 aromatic heterocycles. The van der Waals surface area contributed by atoms with E-state index in [-0.39, 0.29) is 23.9 Å². The molecule has 2 amide bonds. The fourth-order valence-electron chi connectivity index (χ4n) is 8.49. The summed E-state index contributed by atoms with van der Waals surface area (Å²) in [6.45, 7) is 0. The highest BCUT2D eigenvalue weighted by Crippen LogP contribution is 2.38. The molecule has 2 N–H and O–H groups in total. The highest BCUT2D eigenvalue weighted by atomic mass is 31.1. The number of benzene rings is 8. The van der Waals surface area contributed by atoms with Gasteiger partial charge >= 0.3 is 0 Å². The number of amides is 2. The zero-order valence-corrected chi connectivity index (χ0v) is 34.0. The molecule has 0 aliphatic heterocycles. The van der Waals surface area contributed by atoms with E-state index < -0.39 is 15.8 Å². The van der Waals surface area contributed by atoms with E-state index in [0.29, 0.717) is 11.1 Å². The van der Waals surface area contributed by atoms with Gasteiger partial charge < -0.3 is 10.6 Å². The van der Waals surface area contributed by atoms with Crippen LogP contribution in [0.5, 0.6) is 0 Å². The molecule has 8 aromatic carbocycles. The maximum absolute atomic E-state index is 15.0. The molecule has 284 valence electrons. The van der Waals surface area contributed by atoms with E-state index in [1.165, 1.54) is 21.2 Å². The van der Waals surface area contributed by atoms with Crippen LogP contribution < -0.4 is 42.5 Å². The highest BCUT2D eigenvalue weighted by Gasteiger charge is 2.33. The van der Waals surface area contributed by atoms with Crippen LogP contribution in [0.4, 0.5) is 0 Å². The van der Waals surface area contributed by atoms with Crippen molar-refractivity contribution in [2.24, 2.45) is 0 Å². The summed E-state index contributed by atoms with van der Waals surface area (Å²) in [7, 11) is -2.09. The number of rotatable bonds is 10. The fourth-order valence-corrected chi connectivity index (χ4v) is 13.4. The van der Waals surface area contributed by atoms with Gasteiger partial charge in [-0.3, -0.25) is 9.59 Å². The summed E-state index contributed by atoms with van der Waals surface area (Å²) in [6, 6.07) is 66.7. The molecule has 2 atom stereocenters. The Kier molecular flexibility index (Phi) is 11.2. The lowest BCUT2D eigenvalue weighted by molar-refractivity contribution is 0.0865. The van der Waals surface area contributed by atoms with E-state index in [1.54, 1.807) is 0 Å². The van der Waals surface area contributed by atoms with E-state index in [9.17, 15) is 0 Å². The maximum atomic E-state index is 15.0. The third kappa shape index (κ3) is 7.71. The third-order valence-electron chi connectivity index (χ3n) is 11.2. The smallest absolute Gasteiger partial charge is 0.252 e. The van der Waals surface area contributed by atoms with Crippen LogP contribution in [-0.4, -0.2) is 23.9 Å². The molecule has 58 heavy (non-hydrogen) atoms. The zero-order valence-electron chi connectivity index (χ0n) is 32.2. The zero-order chi connectivity index (χ0) is 39.3. The average molecular weight is 791 g/mol. The number of hydrogen-bond acceptors (Lipinski definition) is 2. The molecular weight excluding hydrogens is 747 g/mol. The molecule has 0 bridgehead atoms. The predicted octanol–water partition coefficient (Wildman–Crippen LogP) is 8.98. The van der Waals surface area contributed by atoms with E-state index in [1.807, 2.05) is 48.5 Å². The first-order chi connectivity index (χ1) is 28.6. The van der Waals surface area contributed by atoms with Gasteiger partial charge in [-0.05, 0) is 82.1 Å². The van der Waals surface area contributed by atoms with Crippen molar-refractivity contribution < 1.29 is 9.59 Å². The van der Waals surface area contributed by atoms with Crippen molar-refractivity contribution in [2.75, 3.05) is 0 Å². The van der Waals surface area contributed by atoms with Crippen LogP contribution in [0.1, 0.15) is 46.4 Å². The molecular formula is C52H44N2O2P2. The maximum Gasteiger partial charge on any atom is 0.252 e. The van der Waals surface area contributed by atoms with Gasteiger partial charge in [-0.2, -0.15) is 0 Å². The molecule has 9 rings (SSSR count). The normalized spacial score (nSPS) is 15.4. The summed E-state index contributed by atoms with van der Waals surface area (Å²) in [5.41, 5.74) is 1.42. The minimum Gasteiger partial charge on any atom is -0.347 e. The van der Waals surface area contributed by atoms with Crippen molar-refractivity contribution >= 4 is 81.0 Å². The van der Waals surface area contributed by atoms with Gasteiger partial charge in [-0.25, -0.2) is 0 Å². The van der Waals surface area contributed by atoms with E-state index in [0.717, 1.165) is 57.8 Å². The molecule has 0 radical (unpaired) electrons. The van der Waals surface area contributed by atoms with Crippen LogP contribution >= 0.6 is 15.8 Å². The second-order valence-electron chi connectivity index (χ2n) is 14.8. The Morgan fingerprint density at radius 1 is 0.379 bits per heavy atom. The van der Waals surface area contributed by atoms with Crippen LogP contribution in [0.25, 0.3) is 21.5 Å². The lowest BCUT2D eigenvalue weighted by Gasteiger charge is -2.34. The fraction of sp³-hybridized carbons (Fsp3) is 0.115. The summed E-state index contributed by atoms with van der Waals surface area (Å²) in [6.07, 6.45) is 3.53. The summed E-state index contributed by atoms with van der Waals surface area (Å²) in [4.78, 5) is 30.1. The molecule has 0 saturated heterocycles. The molecule has 1 aliphatic carbocycles. The number of fused-ring (bicyclic) bond motifs is 2. The van der Waals surface area contributed by atoms with Gasteiger partial charge in [0.25, 0.3) is 11.8 Å². The second kappa shape index (κ2) is 17.3. The monoisotopic (exact) mass is 790 g/mol. The van der Waals surface area contributed by atoms with Crippen molar-refractivity contribution in [2.45, 2.75) is 37.8 Å². The summed E-state index contributed by atoms with van der Waals surface area (Å²) >= 11 is 0. The van der Waals surface area contributed by atoms with Crippen molar-refractivity contribution in [1.82, 2.24) is 10.6 Å². The predicted molar refractivity (Wildman–Crippen MR) is 246 cm³/mol. The van der Waals surface area contributed by atoms with Crippen LogP contribution in [0.2, 0.25) is 0 Å². The highest BCUT2D eigenvalue weighted by molar-refractivity contribution is 7.80. The Balaban J connectivity index is 1.09. The molecule has 0 spiro atoms. The van der Waals surface area contributed by atoms with Gasteiger partial charge in [0.15, 0.2) is 0 Å². The molecule has 0 unspecified atom stereocenters. The number of carbonyl (C=O) groups is 2. The first-order valence-electron chi connectivity index (χ1n) is 20.1. The number of hydrogen-bond donors (Lipinski definition) is 2. The minimum absolute atomic E-state index is 0.0974. The summed E-state index contributed by atoms with van der Waals surface area (Å²) < 4.78 is 0. The topological polar surface area (TPSA) is 58.2 Å². The van der Waals surface area contributed by atoms with Crippen LogP contribution in [0, 0.1) is 0 Å². The molecule has 0 heterocycles. The Bertz CT molecular complexity index is 2420. The molecule has 8 aromatic rings. The van der Waals surface area contributed by atoms with Gasteiger partial charge in [-0.15, -0.1) is 0 Å². The Morgan fingerprint density at radius 3 is 1.03 bits per heavy atom. The Morgan fingerprint density at radius 2 is 0.690 bits per heavy atom. The quantitative estimate of drug-likeness (QED) is 0.136. The number of carbonyl (C=O) groups excluding carboxylic acids is 2. The third-order valence-corrected chi connectivity index (χ3v) is 16.2. The minimum atomic E-state index is -1.05. The molecule has 4 nitrogen and oxygen atoms in total. The second-order valence-corrected chi connectivity index (χ2v) is 19.2. The molecule has 6 heteroatoms. The summed E-state index contributed by atoms with van der Waals surface area (Å²) in [5, 5.41) is 17.8. The first kappa shape index (κ1) is 37.6. The standard InChI is InChI=1S/C52H44N2O2P2/c55-51(49-43-29-15-13-19-37(43)33-35-47(49)57(39-21-5-1-6-22-39)40-23-7-2-8-24-40)53-45-31-17-18-32-46(45)54-52(56)50-44-30-16-14-20-38(44)34-36-48(50)58(41-25-9-3-10-26-41)42-27-11-4-12-28-42/h1-16,19-30,33-36,45-46H,17-18,31-32H2,(H,53,55)(H,54,56)/t45-,46+.